The molecule has 0 radical (unpaired) electrons. The van der Waals surface area contributed by atoms with E-state index in [2.05, 4.69) is 0 Å². The van der Waals surface area contributed by atoms with Gasteiger partial charge in [0.15, 0.2) is 0 Å². The number of aryl methyl sites for hydroxylation is 1. The van der Waals surface area contributed by atoms with E-state index in [1.54, 1.807) is 11.9 Å². The quantitative estimate of drug-likeness (QED) is 0.446. The third kappa shape index (κ3) is 6.45. The van der Waals surface area contributed by atoms with Crippen molar-refractivity contribution in [3.63, 3.8) is 0 Å². The number of carbonyl (C=O) groups is 2. The fourth-order valence-corrected chi connectivity index (χ4v) is 5.66. The predicted octanol–water partition coefficient (Wildman–Crippen LogP) is 5.10. The van der Waals surface area contributed by atoms with E-state index in [1.807, 2.05) is 25.1 Å². The molecule has 2 fully saturated rings. The zero-order valence-electron chi connectivity index (χ0n) is 20.3. The summed E-state index contributed by atoms with van der Waals surface area (Å²) in [6.07, 6.45) is 2.87. The zero-order chi connectivity index (χ0) is 24.9. The number of carbonyl (C=O) groups excluding carboxylic acids is 2. The van der Waals surface area contributed by atoms with Gasteiger partial charge in [-0.15, -0.1) is 11.3 Å². The molecule has 2 aromatic rings. The zero-order valence-corrected chi connectivity index (χ0v) is 21.8. The molecule has 1 aliphatic carbocycles. The van der Waals surface area contributed by atoms with E-state index in [0.717, 1.165) is 41.1 Å². The predicted molar refractivity (Wildman–Crippen MR) is 133 cm³/mol. The Balaban J connectivity index is 1.40. The third-order valence-corrected chi connectivity index (χ3v) is 7.73. The maximum absolute atomic E-state index is 12.4. The smallest absolute Gasteiger partial charge is 0.409 e. The molecule has 35 heavy (non-hydrogen) atoms. The standard InChI is InChI=1S/C25H31ClN2O6S/c1-15-21(34-19-6-4-5-17(9-19)24(29)31-3)8-7-20(27-15)23-18(10-22(26)35-23)14-33-25(30)28(2)11-16-12-32-13-16/h7-8,10,16-17,19H,4-6,9,11-14H2,1-3H3/t17-,19-/m0/s1. The highest BCUT2D eigenvalue weighted by Crippen LogP contribution is 2.37. The Hall–Kier alpha value is -2.36. The Morgan fingerprint density at radius 3 is 2.77 bits per heavy atom. The summed E-state index contributed by atoms with van der Waals surface area (Å²) in [5.74, 6) is 0.772. The number of methoxy groups -OCH3 is 1. The second-order valence-corrected chi connectivity index (χ2v) is 10.8. The molecule has 4 rings (SSSR count). The fourth-order valence-electron chi connectivity index (χ4n) is 4.43. The van der Waals surface area contributed by atoms with Crippen molar-refractivity contribution in [1.82, 2.24) is 9.88 Å². The number of thiophene rings is 1. The van der Waals surface area contributed by atoms with Crippen LogP contribution in [0.1, 0.15) is 36.9 Å². The first-order valence-electron chi connectivity index (χ1n) is 11.8. The molecule has 2 aromatic heterocycles. The molecule has 0 unspecified atom stereocenters. The first-order chi connectivity index (χ1) is 16.8. The van der Waals surface area contributed by atoms with E-state index in [0.29, 0.717) is 42.2 Å². The van der Waals surface area contributed by atoms with E-state index in [1.165, 1.54) is 18.4 Å². The minimum Gasteiger partial charge on any atom is -0.489 e. The van der Waals surface area contributed by atoms with Crippen molar-refractivity contribution in [2.45, 2.75) is 45.3 Å². The largest absolute Gasteiger partial charge is 0.489 e. The fraction of sp³-hybridized carbons (Fsp3) is 0.560. The lowest BCUT2D eigenvalue weighted by Gasteiger charge is -2.29. The van der Waals surface area contributed by atoms with Gasteiger partial charge in [-0.25, -0.2) is 9.78 Å². The van der Waals surface area contributed by atoms with E-state index in [4.69, 9.17) is 35.5 Å². The van der Waals surface area contributed by atoms with Gasteiger partial charge in [0.1, 0.15) is 12.4 Å². The first kappa shape index (κ1) is 25.7. The molecule has 1 saturated carbocycles. The van der Waals surface area contributed by atoms with Crippen LogP contribution in [-0.4, -0.2) is 62.0 Å². The van der Waals surface area contributed by atoms with Gasteiger partial charge >= 0.3 is 12.1 Å². The summed E-state index contributed by atoms with van der Waals surface area (Å²) < 4.78 is 22.4. The van der Waals surface area contributed by atoms with E-state index < -0.39 is 0 Å². The number of nitrogens with zero attached hydrogens (tertiary/aromatic N) is 2. The number of hydrogen-bond donors (Lipinski definition) is 0. The molecule has 0 bridgehead atoms. The van der Waals surface area contributed by atoms with E-state index >= 15 is 0 Å². The van der Waals surface area contributed by atoms with Crippen LogP contribution in [0.3, 0.4) is 0 Å². The van der Waals surface area contributed by atoms with Crippen LogP contribution in [0.15, 0.2) is 18.2 Å². The van der Waals surface area contributed by atoms with Gasteiger partial charge in [0.2, 0.25) is 0 Å². The normalized spacial score (nSPS) is 20.1. The second kappa shape index (κ2) is 11.6. The molecule has 190 valence electrons. The molecule has 0 spiro atoms. The molecule has 1 saturated heterocycles. The Bertz CT molecular complexity index is 1060. The molecule has 3 heterocycles. The number of ether oxygens (including phenoxy) is 4. The van der Waals surface area contributed by atoms with Crippen LogP contribution in [0.2, 0.25) is 4.34 Å². The van der Waals surface area contributed by atoms with Crippen molar-refractivity contribution in [3.05, 3.63) is 33.8 Å². The Kier molecular flexibility index (Phi) is 8.51. The third-order valence-electron chi connectivity index (χ3n) is 6.41. The number of hydrogen-bond acceptors (Lipinski definition) is 8. The van der Waals surface area contributed by atoms with Crippen LogP contribution in [0.4, 0.5) is 4.79 Å². The average Bonchev–Trinajstić information content (AvgIpc) is 3.21. The van der Waals surface area contributed by atoms with Crippen LogP contribution in [-0.2, 0) is 25.6 Å². The van der Waals surface area contributed by atoms with Crippen LogP contribution in [0.5, 0.6) is 5.75 Å². The molecule has 0 N–H and O–H groups in total. The number of aromatic nitrogens is 1. The summed E-state index contributed by atoms with van der Waals surface area (Å²) in [6, 6.07) is 5.60. The lowest BCUT2D eigenvalue weighted by atomic mass is 9.87. The Morgan fingerprint density at radius 1 is 1.29 bits per heavy atom. The Morgan fingerprint density at radius 2 is 2.09 bits per heavy atom. The van der Waals surface area contributed by atoms with Crippen molar-refractivity contribution in [1.29, 1.82) is 0 Å². The van der Waals surface area contributed by atoms with Gasteiger partial charge in [0, 0.05) is 25.1 Å². The minimum absolute atomic E-state index is 0.0474. The van der Waals surface area contributed by atoms with Crippen LogP contribution in [0, 0.1) is 18.8 Å². The van der Waals surface area contributed by atoms with Crippen molar-refractivity contribution in [2.24, 2.45) is 11.8 Å². The van der Waals surface area contributed by atoms with Crippen molar-refractivity contribution < 1.29 is 28.5 Å². The summed E-state index contributed by atoms with van der Waals surface area (Å²) in [7, 11) is 3.15. The lowest BCUT2D eigenvalue weighted by molar-refractivity contribution is -0.147. The van der Waals surface area contributed by atoms with Gasteiger partial charge in [0.25, 0.3) is 0 Å². The SMILES string of the molecule is COC(=O)[C@H]1CCC[C@H](Oc2ccc(-c3sc(Cl)cc3COC(=O)N(C)CC3COC3)nc2C)C1. The molecule has 2 aliphatic rings. The highest BCUT2D eigenvalue weighted by atomic mass is 35.5. The molecule has 1 amide bonds. The highest BCUT2D eigenvalue weighted by molar-refractivity contribution is 7.19. The molecular weight excluding hydrogens is 492 g/mol. The summed E-state index contributed by atoms with van der Waals surface area (Å²) >= 11 is 7.70. The van der Waals surface area contributed by atoms with Crippen molar-refractivity contribution in [2.75, 3.05) is 33.9 Å². The second-order valence-electron chi connectivity index (χ2n) is 9.15. The van der Waals surface area contributed by atoms with Gasteiger partial charge in [-0.3, -0.25) is 4.79 Å². The van der Waals surface area contributed by atoms with Gasteiger partial charge in [0.05, 0.1) is 52.9 Å². The highest BCUT2D eigenvalue weighted by Gasteiger charge is 2.29. The van der Waals surface area contributed by atoms with Crippen molar-refractivity contribution >= 4 is 35.0 Å². The number of esters is 1. The summed E-state index contributed by atoms with van der Waals surface area (Å²) in [6.45, 7) is 3.98. The van der Waals surface area contributed by atoms with E-state index in [9.17, 15) is 9.59 Å². The van der Waals surface area contributed by atoms with Gasteiger partial charge in [-0.2, -0.15) is 0 Å². The molecule has 0 aromatic carbocycles. The van der Waals surface area contributed by atoms with Crippen LogP contribution >= 0.6 is 22.9 Å². The lowest BCUT2D eigenvalue weighted by Crippen LogP contribution is -2.40. The molecule has 10 heteroatoms. The maximum atomic E-state index is 12.4. The van der Waals surface area contributed by atoms with Gasteiger partial charge in [-0.05, 0) is 50.8 Å². The molecular formula is C25H31ClN2O6S. The monoisotopic (exact) mass is 522 g/mol. The Labute approximate surface area is 214 Å². The molecule has 1 aliphatic heterocycles. The first-order valence-corrected chi connectivity index (χ1v) is 13.0. The van der Waals surface area contributed by atoms with Gasteiger partial charge in [-0.1, -0.05) is 11.6 Å². The molecule has 8 nitrogen and oxygen atoms in total. The number of rotatable bonds is 8. The number of pyridine rings is 1. The summed E-state index contributed by atoms with van der Waals surface area (Å²) in [4.78, 5) is 31.5. The van der Waals surface area contributed by atoms with Crippen LogP contribution in [0.25, 0.3) is 10.6 Å². The number of amides is 1. The van der Waals surface area contributed by atoms with Gasteiger partial charge < -0.3 is 23.8 Å². The topological polar surface area (TPSA) is 87.2 Å². The minimum atomic E-state index is -0.379. The maximum Gasteiger partial charge on any atom is 0.409 e. The molecule has 2 atom stereocenters. The number of halogens is 1. The van der Waals surface area contributed by atoms with Crippen molar-refractivity contribution in [3.8, 4) is 16.3 Å². The van der Waals surface area contributed by atoms with Crippen LogP contribution < -0.4 is 4.74 Å². The average molecular weight is 523 g/mol. The summed E-state index contributed by atoms with van der Waals surface area (Å²) in [5.41, 5.74) is 2.30. The van der Waals surface area contributed by atoms with E-state index in [-0.39, 0.29) is 30.7 Å². The summed E-state index contributed by atoms with van der Waals surface area (Å²) in [5, 5.41) is 0.